The van der Waals surface area contributed by atoms with E-state index in [2.05, 4.69) is 265 Å². The molecule has 11 aromatic carbocycles. The first-order chi connectivity index (χ1) is 37.6. The Morgan fingerprint density at radius 3 is 1.76 bits per heavy atom. The number of hydrogen-bond donors (Lipinski definition) is 1. The second kappa shape index (κ2) is 18.2. The Labute approximate surface area is 447 Å². The number of rotatable bonds is 7. The van der Waals surface area contributed by atoms with Gasteiger partial charge in [0.25, 0.3) is 0 Å². The summed E-state index contributed by atoms with van der Waals surface area (Å²) in [6.07, 6.45) is 3.16. The summed E-state index contributed by atoms with van der Waals surface area (Å²) in [6, 6.07) is 89.5. The number of nitrogens with one attached hydrogen (secondary N) is 1. The van der Waals surface area contributed by atoms with Gasteiger partial charge in [-0.25, -0.2) is 0 Å². The standard InChI is InChI=1S/C72H57N3S/c1-3-55-56(53-41-63-62-40-50-22-11-13-24-52(50)44-68(62)76-72(63)67(43-53)75-65-32-17-15-28-58(65)61-39-49-21-10-12-23-51(49)42-66(61)75)38-33-45(2)69(48-36-34-47(35-37-48)46-19-6-4-7-20-46)73-70(55)60-30-18-29-59-57-27-14-16-31-64(57)74(71(59)60)54-25-8-5-9-26-54/h4-32,34-37,39-45,55-56,69-70,73H,3,33,38H2,1-2H3. The maximum atomic E-state index is 4.59. The van der Waals surface area contributed by atoms with Crippen molar-refractivity contribution in [3.8, 4) is 22.5 Å². The van der Waals surface area contributed by atoms with E-state index in [1.807, 2.05) is 11.3 Å². The number of hydrogen-bond acceptors (Lipinski definition) is 2. The van der Waals surface area contributed by atoms with Crippen molar-refractivity contribution in [3.05, 3.63) is 253 Å². The predicted octanol–water partition coefficient (Wildman–Crippen LogP) is 19.8. The van der Waals surface area contributed by atoms with Gasteiger partial charge in [-0.1, -0.05) is 196 Å². The van der Waals surface area contributed by atoms with Crippen LogP contribution in [0.2, 0.25) is 0 Å². The predicted molar refractivity (Wildman–Crippen MR) is 325 cm³/mol. The number of nitrogens with zero attached hydrogens (tertiary/aromatic N) is 2. The Morgan fingerprint density at radius 2 is 1.04 bits per heavy atom. The maximum absolute atomic E-state index is 4.59. The molecule has 0 radical (unpaired) electrons. The molecule has 15 rings (SSSR count). The Balaban J connectivity index is 0.984. The normalized spacial score (nSPS) is 18.4. The van der Waals surface area contributed by atoms with Gasteiger partial charge in [-0.2, -0.15) is 0 Å². The van der Waals surface area contributed by atoms with Gasteiger partial charge in [-0.15, -0.1) is 11.3 Å². The molecule has 76 heavy (non-hydrogen) atoms. The smallest absolute Gasteiger partial charge is 0.0643 e. The molecule has 5 unspecified atom stereocenters. The van der Waals surface area contributed by atoms with E-state index >= 15 is 0 Å². The SMILES string of the molecule is CCC1C(c2cc(-n3c4ccccc4c4cc5ccccc5cc43)c3sc4cc5ccccc5cc4c3c2)CCC(C)C(c2ccc(-c3ccccc3)cc2)NC1c1cccc2c3ccccc3n(-c3ccccc3)c12. The highest BCUT2D eigenvalue weighted by atomic mass is 32.1. The number of aromatic nitrogens is 2. The van der Waals surface area contributed by atoms with E-state index in [1.54, 1.807) is 0 Å². The zero-order valence-electron chi connectivity index (χ0n) is 42.8. The van der Waals surface area contributed by atoms with Crippen molar-refractivity contribution in [2.45, 2.75) is 51.1 Å². The molecular weight excluding hydrogens is 939 g/mol. The lowest BCUT2D eigenvalue weighted by Crippen LogP contribution is -2.39. The summed E-state index contributed by atoms with van der Waals surface area (Å²) in [6.45, 7) is 4.96. The molecule has 0 aliphatic carbocycles. The summed E-state index contributed by atoms with van der Waals surface area (Å²) in [5, 5.41) is 17.5. The zero-order chi connectivity index (χ0) is 50.4. The van der Waals surface area contributed by atoms with E-state index < -0.39 is 0 Å². The van der Waals surface area contributed by atoms with Crippen molar-refractivity contribution < 1.29 is 0 Å². The molecule has 1 saturated heterocycles. The minimum absolute atomic E-state index is 0.00827. The highest BCUT2D eigenvalue weighted by molar-refractivity contribution is 7.26. The van der Waals surface area contributed by atoms with Crippen LogP contribution in [0.4, 0.5) is 0 Å². The van der Waals surface area contributed by atoms with Crippen molar-refractivity contribution in [1.29, 1.82) is 0 Å². The van der Waals surface area contributed by atoms with E-state index in [-0.39, 0.29) is 23.9 Å². The molecule has 0 saturated carbocycles. The summed E-state index contributed by atoms with van der Waals surface area (Å²) in [7, 11) is 0. The third kappa shape index (κ3) is 7.26. The van der Waals surface area contributed by atoms with Gasteiger partial charge in [-0.05, 0) is 141 Å². The van der Waals surface area contributed by atoms with Crippen LogP contribution < -0.4 is 5.32 Å². The van der Waals surface area contributed by atoms with Gasteiger partial charge in [0.2, 0.25) is 0 Å². The Bertz CT molecular complexity index is 4520. The molecule has 4 heterocycles. The van der Waals surface area contributed by atoms with Crippen LogP contribution in [0.25, 0.3) is 108 Å². The van der Waals surface area contributed by atoms with Crippen LogP contribution >= 0.6 is 11.3 Å². The van der Waals surface area contributed by atoms with Gasteiger partial charge in [0.05, 0.1) is 32.5 Å². The number of para-hydroxylation sites is 4. The monoisotopic (exact) mass is 995 g/mol. The Kier molecular flexibility index (Phi) is 10.8. The second-order valence-electron chi connectivity index (χ2n) is 21.6. The fraction of sp³-hybridized carbons (Fsp3) is 0.139. The van der Waals surface area contributed by atoms with Crippen LogP contribution in [0, 0.1) is 11.8 Å². The van der Waals surface area contributed by atoms with Gasteiger partial charge in [0.1, 0.15) is 0 Å². The van der Waals surface area contributed by atoms with Crippen LogP contribution in [0.1, 0.15) is 67.8 Å². The number of benzene rings is 11. The first-order valence-corrected chi connectivity index (χ1v) is 28.2. The molecule has 1 fully saturated rings. The summed E-state index contributed by atoms with van der Waals surface area (Å²) in [4.78, 5) is 0. The number of fused-ring (bicyclic) bond motifs is 11. The molecule has 1 N–H and O–H groups in total. The third-order valence-corrected chi connectivity index (χ3v) is 18.6. The van der Waals surface area contributed by atoms with Crippen LogP contribution in [-0.4, -0.2) is 9.13 Å². The fourth-order valence-electron chi connectivity index (χ4n) is 13.7. The van der Waals surface area contributed by atoms with E-state index in [1.165, 1.54) is 125 Å². The lowest BCUT2D eigenvalue weighted by molar-refractivity contribution is 0.196. The second-order valence-corrected chi connectivity index (χ2v) is 22.6. The van der Waals surface area contributed by atoms with Crippen LogP contribution in [0.3, 0.4) is 0 Å². The lowest BCUT2D eigenvalue weighted by atomic mass is 9.71. The topological polar surface area (TPSA) is 21.9 Å². The molecule has 0 bridgehead atoms. The Hall–Kier alpha value is -8.28. The van der Waals surface area contributed by atoms with E-state index in [4.69, 9.17) is 0 Å². The maximum Gasteiger partial charge on any atom is 0.0643 e. The van der Waals surface area contributed by atoms with Crippen LogP contribution in [-0.2, 0) is 0 Å². The van der Waals surface area contributed by atoms with Crippen molar-refractivity contribution in [3.63, 3.8) is 0 Å². The largest absolute Gasteiger partial charge is 0.309 e. The van der Waals surface area contributed by atoms with Crippen molar-refractivity contribution in [2.75, 3.05) is 0 Å². The first-order valence-electron chi connectivity index (χ1n) is 27.4. The van der Waals surface area contributed by atoms with Gasteiger partial charge in [0.15, 0.2) is 0 Å². The van der Waals surface area contributed by atoms with E-state index in [0.717, 1.165) is 19.3 Å². The number of thiophene rings is 1. The first kappa shape index (κ1) is 45.1. The zero-order valence-corrected chi connectivity index (χ0v) is 43.6. The average Bonchev–Trinajstić information content (AvgIpc) is 4.13. The molecule has 0 amide bonds. The lowest BCUT2D eigenvalue weighted by Gasteiger charge is -2.42. The average molecular weight is 996 g/mol. The molecule has 366 valence electrons. The minimum Gasteiger partial charge on any atom is -0.309 e. The highest BCUT2D eigenvalue weighted by Crippen LogP contribution is 2.51. The quantitative estimate of drug-likeness (QED) is 0.169. The van der Waals surface area contributed by atoms with Gasteiger partial charge < -0.3 is 14.5 Å². The summed E-state index contributed by atoms with van der Waals surface area (Å²) < 4.78 is 7.84. The van der Waals surface area contributed by atoms with Crippen molar-refractivity contribution in [2.24, 2.45) is 11.8 Å². The molecular formula is C72H57N3S. The van der Waals surface area contributed by atoms with Gasteiger partial charge >= 0.3 is 0 Å². The molecule has 3 nitrogen and oxygen atoms in total. The van der Waals surface area contributed by atoms with E-state index in [9.17, 15) is 0 Å². The molecule has 0 spiro atoms. The summed E-state index contributed by atoms with van der Waals surface area (Å²) in [5.74, 6) is 0.833. The molecule has 5 atom stereocenters. The minimum atomic E-state index is 0.00827. The fourth-order valence-corrected chi connectivity index (χ4v) is 15.0. The molecule has 3 aromatic heterocycles. The van der Waals surface area contributed by atoms with Gasteiger partial charge in [0, 0.05) is 54.8 Å². The molecule has 1 aliphatic heterocycles. The summed E-state index contributed by atoms with van der Waals surface area (Å²) >= 11 is 1.95. The molecule has 14 aromatic rings. The van der Waals surface area contributed by atoms with Crippen molar-refractivity contribution in [1.82, 2.24) is 14.5 Å². The van der Waals surface area contributed by atoms with Crippen LogP contribution in [0.15, 0.2) is 237 Å². The Morgan fingerprint density at radius 1 is 0.447 bits per heavy atom. The molecule has 1 aliphatic rings. The van der Waals surface area contributed by atoms with Gasteiger partial charge in [-0.3, -0.25) is 0 Å². The van der Waals surface area contributed by atoms with E-state index in [0.29, 0.717) is 5.92 Å². The third-order valence-electron chi connectivity index (χ3n) is 17.4. The molecule has 4 heteroatoms. The highest BCUT2D eigenvalue weighted by Gasteiger charge is 2.39. The summed E-state index contributed by atoms with van der Waals surface area (Å²) in [5.41, 5.74) is 14.1. The van der Waals surface area contributed by atoms with Crippen molar-refractivity contribution >= 4 is 96.7 Å². The van der Waals surface area contributed by atoms with Crippen LogP contribution in [0.5, 0.6) is 0 Å².